The number of carbonyl (C=O) groups is 2. The van der Waals surface area contributed by atoms with Crippen LogP contribution in [0.5, 0.6) is 5.75 Å². The van der Waals surface area contributed by atoms with Crippen molar-refractivity contribution in [3.8, 4) is 5.75 Å². The number of ketones is 1. The monoisotopic (exact) mass is 395 g/mol. The molecular formula is C22H25N3O4. The summed E-state index contributed by atoms with van der Waals surface area (Å²) in [5, 5.41) is 0. The lowest BCUT2D eigenvalue weighted by Crippen LogP contribution is -2.51. The Hall–Kier alpha value is -2.96. The van der Waals surface area contributed by atoms with Gasteiger partial charge in [-0.1, -0.05) is 6.07 Å². The Kier molecular flexibility index (Phi) is 4.98. The summed E-state index contributed by atoms with van der Waals surface area (Å²) in [4.78, 5) is 35.4. The van der Waals surface area contributed by atoms with Crippen molar-refractivity contribution in [1.29, 1.82) is 0 Å². The molecule has 29 heavy (non-hydrogen) atoms. The summed E-state index contributed by atoms with van der Waals surface area (Å²) in [7, 11) is 0. The van der Waals surface area contributed by atoms with E-state index in [1.807, 2.05) is 30.9 Å². The number of fused-ring (bicyclic) bond motifs is 1. The van der Waals surface area contributed by atoms with Gasteiger partial charge < -0.3 is 14.4 Å². The maximum atomic E-state index is 12.9. The first kappa shape index (κ1) is 19.4. The summed E-state index contributed by atoms with van der Waals surface area (Å²) in [6.45, 7) is 7.31. The number of aromatic nitrogens is 2. The molecule has 0 unspecified atom stereocenters. The van der Waals surface area contributed by atoms with E-state index in [1.165, 1.54) is 12.5 Å². The molecule has 152 valence electrons. The summed E-state index contributed by atoms with van der Waals surface area (Å²) < 4.78 is 11.6. The van der Waals surface area contributed by atoms with Crippen LogP contribution in [-0.4, -0.2) is 47.0 Å². The van der Waals surface area contributed by atoms with Gasteiger partial charge in [-0.05, 0) is 38.0 Å². The molecule has 0 radical (unpaired) electrons. The van der Waals surface area contributed by atoms with Gasteiger partial charge in [0.2, 0.25) is 0 Å². The summed E-state index contributed by atoms with van der Waals surface area (Å²) >= 11 is 0. The fraction of sp³-hybridized carbons (Fsp3) is 0.455. The minimum Gasteiger partial charge on any atom is -0.486 e. The molecule has 0 bridgehead atoms. The number of benzene rings is 1. The van der Waals surface area contributed by atoms with Crippen molar-refractivity contribution in [2.24, 2.45) is 0 Å². The van der Waals surface area contributed by atoms with Gasteiger partial charge in [-0.15, -0.1) is 0 Å². The highest BCUT2D eigenvalue weighted by molar-refractivity contribution is 6.01. The molecule has 3 heterocycles. The van der Waals surface area contributed by atoms with E-state index in [0.717, 1.165) is 16.9 Å². The number of rotatable bonds is 3. The summed E-state index contributed by atoms with van der Waals surface area (Å²) in [5.41, 5.74) is 2.62. The van der Waals surface area contributed by atoms with E-state index in [1.54, 1.807) is 6.92 Å². The zero-order valence-corrected chi connectivity index (χ0v) is 17.0. The van der Waals surface area contributed by atoms with Gasteiger partial charge in [-0.3, -0.25) is 4.79 Å². The zero-order valence-electron chi connectivity index (χ0n) is 17.0. The first-order valence-corrected chi connectivity index (χ1v) is 9.98. The van der Waals surface area contributed by atoms with Crippen LogP contribution in [0, 0.1) is 13.8 Å². The molecule has 7 nitrogen and oxygen atoms in total. The van der Waals surface area contributed by atoms with Crippen LogP contribution in [0.4, 0.5) is 5.82 Å². The Bertz CT molecular complexity index is 965. The minimum absolute atomic E-state index is 0.140. The van der Waals surface area contributed by atoms with E-state index in [0.29, 0.717) is 55.9 Å². The molecule has 1 fully saturated rings. The zero-order chi connectivity index (χ0) is 20.6. The van der Waals surface area contributed by atoms with Crippen molar-refractivity contribution in [3.05, 3.63) is 46.9 Å². The lowest BCUT2D eigenvalue weighted by atomic mass is 9.81. The number of nitrogens with zero attached hydrogens (tertiary/aromatic N) is 3. The molecule has 1 aromatic heterocycles. The average Bonchev–Trinajstić information content (AvgIpc) is 2.70. The first-order chi connectivity index (χ1) is 13.9. The van der Waals surface area contributed by atoms with Crippen molar-refractivity contribution in [2.45, 2.75) is 45.6 Å². The van der Waals surface area contributed by atoms with Crippen LogP contribution in [0.2, 0.25) is 0 Å². The number of hydrogen-bond acceptors (Lipinski definition) is 7. The molecule has 0 atom stereocenters. The first-order valence-electron chi connectivity index (χ1n) is 9.98. The minimum atomic E-state index is -0.502. The van der Waals surface area contributed by atoms with Gasteiger partial charge >= 0.3 is 5.97 Å². The molecular weight excluding hydrogens is 370 g/mol. The Balaban J connectivity index is 1.55. The van der Waals surface area contributed by atoms with Gasteiger partial charge in [-0.25, -0.2) is 14.8 Å². The molecule has 2 aliphatic heterocycles. The molecule has 1 aromatic carbocycles. The SMILES string of the molecule is CCOC(=O)c1cncnc1N1CCC2(CC1)CC(=O)c1cc(C)cc(C)c1O2. The van der Waals surface area contributed by atoms with E-state index in [4.69, 9.17) is 9.47 Å². The Morgan fingerprint density at radius 3 is 2.76 bits per heavy atom. The number of aryl methyl sites for hydroxylation is 2. The van der Waals surface area contributed by atoms with Gasteiger partial charge in [0.25, 0.3) is 0 Å². The van der Waals surface area contributed by atoms with E-state index in [2.05, 4.69) is 9.97 Å². The topological polar surface area (TPSA) is 81.6 Å². The Morgan fingerprint density at radius 2 is 2.03 bits per heavy atom. The second kappa shape index (κ2) is 7.46. The van der Waals surface area contributed by atoms with E-state index in [9.17, 15) is 9.59 Å². The average molecular weight is 395 g/mol. The third kappa shape index (κ3) is 3.57. The van der Waals surface area contributed by atoms with Gasteiger partial charge in [0.05, 0.1) is 18.6 Å². The summed E-state index contributed by atoms with van der Waals surface area (Å²) in [6, 6.07) is 3.96. The molecule has 4 rings (SSSR count). The standard InChI is InChI=1S/C22H25N3O4/c1-4-28-21(27)17-12-23-13-24-20(17)25-7-5-22(6-8-25)11-18(26)16-10-14(2)9-15(3)19(16)29-22/h9-10,12-13H,4-8,11H2,1-3H3. The number of hydrogen-bond donors (Lipinski definition) is 0. The number of piperidine rings is 1. The molecule has 0 aliphatic carbocycles. The molecule has 2 aromatic rings. The highest BCUT2D eigenvalue weighted by Crippen LogP contribution is 2.42. The predicted molar refractivity (Wildman–Crippen MR) is 108 cm³/mol. The third-order valence-electron chi connectivity index (χ3n) is 5.68. The fourth-order valence-electron chi connectivity index (χ4n) is 4.27. The van der Waals surface area contributed by atoms with Gasteiger partial charge in [0.15, 0.2) is 5.78 Å². The number of ether oxygens (including phenoxy) is 2. The molecule has 2 aliphatic rings. The molecule has 0 N–H and O–H groups in total. The van der Waals surface area contributed by atoms with Crippen LogP contribution in [-0.2, 0) is 4.74 Å². The quantitative estimate of drug-likeness (QED) is 0.738. The summed E-state index contributed by atoms with van der Waals surface area (Å²) in [6.07, 6.45) is 4.67. The number of esters is 1. The number of anilines is 1. The van der Waals surface area contributed by atoms with E-state index < -0.39 is 11.6 Å². The maximum absolute atomic E-state index is 12.9. The smallest absolute Gasteiger partial charge is 0.343 e. The normalized spacial score (nSPS) is 17.6. The van der Waals surface area contributed by atoms with Gasteiger partial charge in [0, 0.05) is 32.1 Å². The lowest BCUT2D eigenvalue weighted by molar-refractivity contribution is 0.0225. The van der Waals surface area contributed by atoms with Crippen LogP contribution in [0.1, 0.15) is 58.0 Å². The number of Topliss-reactive ketones (excluding diaryl/α,β-unsaturated/α-hetero) is 1. The second-order valence-corrected chi connectivity index (χ2v) is 7.81. The van der Waals surface area contributed by atoms with E-state index >= 15 is 0 Å². The molecule has 7 heteroatoms. The highest BCUT2D eigenvalue weighted by atomic mass is 16.5. The third-order valence-corrected chi connectivity index (χ3v) is 5.68. The van der Waals surface area contributed by atoms with Crippen LogP contribution in [0.15, 0.2) is 24.7 Å². The Morgan fingerprint density at radius 1 is 1.28 bits per heavy atom. The van der Waals surface area contributed by atoms with Crippen molar-refractivity contribution in [1.82, 2.24) is 9.97 Å². The van der Waals surface area contributed by atoms with E-state index in [-0.39, 0.29) is 5.78 Å². The molecule has 0 saturated carbocycles. The van der Waals surface area contributed by atoms with Gasteiger partial charge in [0.1, 0.15) is 29.1 Å². The molecule has 0 amide bonds. The van der Waals surface area contributed by atoms with Crippen molar-refractivity contribution >= 4 is 17.6 Å². The van der Waals surface area contributed by atoms with Crippen LogP contribution < -0.4 is 9.64 Å². The molecule has 1 saturated heterocycles. The fourth-order valence-corrected chi connectivity index (χ4v) is 4.27. The van der Waals surface area contributed by atoms with Crippen LogP contribution in [0.25, 0.3) is 0 Å². The molecule has 1 spiro atoms. The maximum Gasteiger partial charge on any atom is 0.343 e. The second-order valence-electron chi connectivity index (χ2n) is 7.81. The lowest BCUT2D eigenvalue weighted by Gasteiger charge is -2.44. The van der Waals surface area contributed by atoms with Crippen LogP contribution in [0.3, 0.4) is 0 Å². The highest BCUT2D eigenvalue weighted by Gasteiger charge is 2.44. The largest absolute Gasteiger partial charge is 0.486 e. The van der Waals surface area contributed by atoms with Crippen molar-refractivity contribution < 1.29 is 19.1 Å². The van der Waals surface area contributed by atoms with Gasteiger partial charge in [-0.2, -0.15) is 0 Å². The van der Waals surface area contributed by atoms with Crippen LogP contribution >= 0.6 is 0 Å². The Labute approximate surface area is 170 Å². The number of carbonyl (C=O) groups excluding carboxylic acids is 2. The summed E-state index contributed by atoms with van der Waals surface area (Å²) in [5.74, 6) is 1.00. The van der Waals surface area contributed by atoms with Crippen molar-refractivity contribution in [2.75, 3.05) is 24.6 Å². The predicted octanol–water partition coefficient (Wildman–Crippen LogP) is 3.27. The van der Waals surface area contributed by atoms with Crippen molar-refractivity contribution in [3.63, 3.8) is 0 Å².